The van der Waals surface area contributed by atoms with E-state index >= 15 is 0 Å². The largest absolute Gasteiger partial charge is 0.370 e. The van der Waals surface area contributed by atoms with Crippen molar-refractivity contribution < 1.29 is 9.59 Å². The number of nitrogens with zero attached hydrogens (tertiary/aromatic N) is 3. The summed E-state index contributed by atoms with van der Waals surface area (Å²) >= 11 is 6.11. The van der Waals surface area contributed by atoms with Crippen LogP contribution in [0.15, 0.2) is 36.8 Å². The van der Waals surface area contributed by atoms with Crippen molar-refractivity contribution in [3.05, 3.63) is 47.9 Å². The van der Waals surface area contributed by atoms with Gasteiger partial charge in [-0.3, -0.25) is 14.6 Å². The van der Waals surface area contributed by atoms with Crippen LogP contribution < -0.4 is 15.5 Å². The van der Waals surface area contributed by atoms with Crippen molar-refractivity contribution in [2.24, 2.45) is 5.73 Å². The molecule has 2 aromatic heterocycles. The third kappa shape index (κ3) is 3.15. The summed E-state index contributed by atoms with van der Waals surface area (Å²) in [7, 11) is 0. The third-order valence-corrected chi connectivity index (χ3v) is 3.15. The molecule has 114 valence electrons. The van der Waals surface area contributed by atoms with Crippen LogP contribution in [-0.4, -0.2) is 28.3 Å². The Morgan fingerprint density at radius 3 is 2.73 bits per heavy atom. The Bertz CT molecular complexity index is 693. The van der Waals surface area contributed by atoms with Crippen molar-refractivity contribution in [3.8, 4) is 0 Å². The van der Waals surface area contributed by atoms with Crippen LogP contribution in [0, 0.1) is 0 Å². The summed E-state index contributed by atoms with van der Waals surface area (Å²) in [5.41, 5.74) is 5.89. The number of anilines is 2. The van der Waals surface area contributed by atoms with Crippen molar-refractivity contribution in [2.45, 2.75) is 6.92 Å². The Kier molecular flexibility index (Phi) is 4.90. The second kappa shape index (κ2) is 6.86. The van der Waals surface area contributed by atoms with Crippen LogP contribution >= 0.6 is 11.8 Å². The van der Waals surface area contributed by atoms with E-state index in [2.05, 4.69) is 15.3 Å². The lowest BCUT2D eigenvalue weighted by molar-refractivity contribution is 0.100. The second-order valence-corrected chi connectivity index (χ2v) is 4.61. The normalized spacial score (nSPS) is 10.1. The summed E-state index contributed by atoms with van der Waals surface area (Å²) in [6.07, 6.45) is 4.36. The quantitative estimate of drug-likeness (QED) is 0.818. The van der Waals surface area contributed by atoms with Gasteiger partial charge in [-0.05, 0) is 25.1 Å². The van der Waals surface area contributed by atoms with Gasteiger partial charge >= 0.3 is 0 Å². The minimum absolute atomic E-state index is 0.0524. The SMILES string of the molecule is CCNc1nccc(N(Cl)C(=O)c2cccnc2)c1C(N)=O. The van der Waals surface area contributed by atoms with Crippen LogP contribution in [0.4, 0.5) is 11.5 Å². The summed E-state index contributed by atoms with van der Waals surface area (Å²) in [4.78, 5) is 32.0. The number of carbonyl (C=O) groups excluding carboxylic acids is 2. The molecule has 0 radical (unpaired) electrons. The Labute approximate surface area is 132 Å². The number of rotatable bonds is 5. The molecule has 0 unspecified atom stereocenters. The number of amides is 2. The first kappa shape index (κ1) is 15.7. The van der Waals surface area contributed by atoms with Gasteiger partial charge in [0.25, 0.3) is 11.8 Å². The molecule has 0 saturated carbocycles. The summed E-state index contributed by atoms with van der Waals surface area (Å²) in [5.74, 6) is -0.980. The molecule has 0 aliphatic carbocycles. The van der Waals surface area contributed by atoms with Gasteiger partial charge in [0.05, 0.1) is 11.3 Å². The molecule has 0 aliphatic rings. The predicted octanol–water partition coefficient (Wildman–Crippen LogP) is 1.81. The zero-order chi connectivity index (χ0) is 16.1. The van der Waals surface area contributed by atoms with Gasteiger partial charge in [-0.1, -0.05) is 0 Å². The smallest absolute Gasteiger partial charge is 0.274 e. The Morgan fingerprint density at radius 2 is 2.14 bits per heavy atom. The van der Waals surface area contributed by atoms with Crippen molar-refractivity contribution in [1.82, 2.24) is 9.97 Å². The number of nitrogens with one attached hydrogen (secondary N) is 1. The lowest BCUT2D eigenvalue weighted by atomic mass is 10.1. The number of carbonyl (C=O) groups is 2. The zero-order valence-electron chi connectivity index (χ0n) is 11.8. The van der Waals surface area contributed by atoms with E-state index in [1.54, 1.807) is 18.3 Å². The number of halogens is 1. The summed E-state index contributed by atoms with van der Waals surface area (Å²) in [6, 6.07) is 4.63. The molecule has 8 heteroatoms. The molecule has 22 heavy (non-hydrogen) atoms. The monoisotopic (exact) mass is 319 g/mol. The first-order valence-corrected chi connectivity index (χ1v) is 6.83. The number of hydrogen-bond donors (Lipinski definition) is 2. The van der Waals surface area contributed by atoms with Crippen LogP contribution in [0.3, 0.4) is 0 Å². The molecule has 0 aromatic carbocycles. The fourth-order valence-electron chi connectivity index (χ4n) is 1.87. The third-order valence-electron chi connectivity index (χ3n) is 2.82. The lowest BCUT2D eigenvalue weighted by Crippen LogP contribution is -2.26. The highest BCUT2D eigenvalue weighted by Gasteiger charge is 2.24. The van der Waals surface area contributed by atoms with Crippen LogP contribution in [0.2, 0.25) is 0 Å². The van der Waals surface area contributed by atoms with Gasteiger partial charge in [0.1, 0.15) is 11.4 Å². The lowest BCUT2D eigenvalue weighted by Gasteiger charge is -2.18. The molecule has 0 spiro atoms. The van der Waals surface area contributed by atoms with Gasteiger partial charge in [-0.15, -0.1) is 0 Å². The maximum atomic E-state index is 12.4. The summed E-state index contributed by atoms with van der Waals surface area (Å²) < 4.78 is 0.833. The molecule has 2 rings (SSSR count). The average molecular weight is 320 g/mol. The molecule has 0 aliphatic heterocycles. The minimum atomic E-state index is -0.733. The molecule has 7 nitrogen and oxygen atoms in total. The molecular formula is C14H14ClN5O2. The maximum absolute atomic E-state index is 12.4. The summed E-state index contributed by atoms with van der Waals surface area (Å²) in [6.45, 7) is 2.38. The molecule has 2 heterocycles. The van der Waals surface area contributed by atoms with Crippen LogP contribution in [0.1, 0.15) is 27.6 Å². The van der Waals surface area contributed by atoms with E-state index in [9.17, 15) is 9.59 Å². The fraction of sp³-hybridized carbons (Fsp3) is 0.143. The van der Waals surface area contributed by atoms with Crippen molar-refractivity contribution in [3.63, 3.8) is 0 Å². The minimum Gasteiger partial charge on any atom is -0.370 e. The van der Waals surface area contributed by atoms with Crippen molar-refractivity contribution in [2.75, 3.05) is 16.3 Å². The van der Waals surface area contributed by atoms with Crippen molar-refractivity contribution in [1.29, 1.82) is 0 Å². The van der Waals surface area contributed by atoms with E-state index in [4.69, 9.17) is 17.5 Å². The zero-order valence-corrected chi connectivity index (χ0v) is 12.5. The van der Waals surface area contributed by atoms with Crippen LogP contribution in [-0.2, 0) is 0 Å². The van der Waals surface area contributed by atoms with Crippen LogP contribution in [0.25, 0.3) is 0 Å². The van der Waals surface area contributed by atoms with E-state index in [1.165, 1.54) is 18.5 Å². The fourth-order valence-corrected chi connectivity index (χ4v) is 2.11. The van der Waals surface area contributed by atoms with Crippen molar-refractivity contribution >= 4 is 35.1 Å². The summed E-state index contributed by atoms with van der Waals surface area (Å²) in [5, 5.41) is 2.91. The topological polar surface area (TPSA) is 101 Å². The number of nitrogens with two attached hydrogens (primary N) is 1. The number of aromatic nitrogens is 2. The highest BCUT2D eigenvalue weighted by atomic mass is 35.5. The molecule has 0 fully saturated rings. The highest BCUT2D eigenvalue weighted by molar-refractivity contribution is 6.40. The van der Waals surface area contributed by atoms with Crippen LogP contribution in [0.5, 0.6) is 0 Å². The molecule has 0 atom stereocenters. The second-order valence-electron chi connectivity index (χ2n) is 4.28. The first-order valence-electron chi connectivity index (χ1n) is 6.49. The Morgan fingerprint density at radius 1 is 1.36 bits per heavy atom. The van der Waals surface area contributed by atoms with E-state index in [0.29, 0.717) is 6.54 Å². The number of hydrogen-bond acceptors (Lipinski definition) is 5. The van der Waals surface area contributed by atoms with E-state index in [0.717, 1.165) is 4.42 Å². The standard InChI is InChI=1S/C14H14ClN5O2/c1-2-18-13-11(12(16)21)10(5-7-19-13)20(15)14(22)9-4-3-6-17-8-9/h3-8H,2H2,1H3,(H2,16,21)(H,18,19). The average Bonchev–Trinajstić information content (AvgIpc) is 2.54. The van der Waals surface area contributed by atoms with E-state index in [1.807, 2.05) is 6.92 Å². The predicted molar refractivity (Wildman–Crippen MR) is 83.8 cm³/mol. The van der Waals surface area contributed by atoms with E-state index in [-0.39, 0.29) is 22.6 Å². The molecule has 0 saturated heterocycles. The Balaban J connectivity index is 2.45. The van der Waals surface area contributed by atoms with Gasteiger partial charge in [0.15, 0.2) is 0 Å². The van der Waals surface area contributed by atoms with Gasteiger partial charge in [0.2, 0.25) is 0 Å². The van der Waals surface area contributed by atoms with E-state index < -0.39 is 11.8 Å². The van der Waals surface area contributed by atoms with Gasteiger partial charge in [-0.2, -0.15) is 0 Å². The molecule has 2 amide bonds. The number of pyridine rings is 2. The molecule has 2 aromatic rings. The molecular weight excluding hydrogens is 306 g/mol. The van der Waals surface area contributed by atoms with Gasteiger partial charge in [0, 0.05) is 36.9 Å². The van der Waals surface area contributed by atoms with Gasteiger partial charge < -0.3 is 11.1 Å². The maximum Gasteiger partial charge on any atom is 0.274 e. The van der Waals surface area contributed by atoms with Gasteiger partial charge in [-0.25, -0.2) is 9.40 Å². The molecule has 0 bridgehead atoms. The molecule has 3 N–H and O–H groups in total. The highest BCUT2D eigenvalue weighted by Crippen LogP contribution is 2.28. The first-order chi connectivity index (χ1) is 10.6. The Hall–Kier alpha value is -2.67. The number of primary amides is 1.